The number of benzene rings is 1. The molecule has 3 nitrogen and oxygen atoms in total. The van der Waals surface area contributed by atoms with Crippen molar-refractivity contribution in [2.24, 2.45) is 0 Å². The van der Waals surface area contributed by atoms with Gasteiger partial charge in [0.15, 0.2) is 0 Å². The van der Waals surface area contributed by atoms with Crippen molar-refractivity contribution in [2.45, 2.75) is 20.0 Å². The lowest BCUT2D eigenvalue weighted by molar-refractivity contribution is -0.137. The monoisotopic (exact) mass is 341 g/mol. The van der Waals surface area contributed by atoms with Crippen molar-refractivity contribution < 1.29 is 13.2 Å². The first-order valence-electron chi connectivity index (χ1n) is 7.51. The van der Waals surface area contributed by atoms with Crippen molar-refractivity contribution in [3.8, 4) is 17.7 Å². The molecule has 1 aromatic carbocycles. The number of pyridine rings is 1. The van der Waals surface area contributed by atoms with Crippen LogP contribution in [0, 0.1) is 25.7 Å². The molecular weight excluding hydrogens is 327 g/mol. The van der Waals surface area contributed by atoms with E-state index in [9.17, 15) is 13.2 Å². The third-order valence-corrected chi connectivity index (χ3v) is 3.55. The van der Waals surface area contributed by atoms with Crippen LogP contribution in [-0.2, 0) is 6.18 Å². The van der Waals surface area contributed by atoms with Gasteiger partial charge in [0.2, 0.25) is 0 Å². The zero-order chi connectivity index (χ0) is 18.0. The smallest absolute Gasteiger partial charge is 0.287 e. The van der Waals surface area contributed by atoms with Gasteiger partial charge in [-0.25, -0.2) is 9.97 Å². The molecule has 0 radical (unpaired) electrons. The topological polar surface area (TPSA) is 30.7 Å². The number of alkyl halides is 3. The van der Waals surface area contributed by atoms with E-state index in [-0.39, 0.29) is 5.56 Å². The summed E-state index contributed by atoms with van der Waals surface area (Å²) < 4.78 is 40.0. The Morgan fingerprint density at radius 2 is 1.84 bits per heavy atom. The predicted octanol–water partition coefficient (Wildman–Crippen LogP) is 4.30. The Balaban J connectivity index is 1.90. The van der Waals surface area contributed by atoms with Gasteiger partial charge in [-0.1, -0.05) is 18.1 Å². The van der Waals surface area contributed by atoms with Crippen molar-refractivity contribution in [1.29, 1.82) is 0 Å². The molecule has 0 unspecified atom stereocenters. The summed E-state index contributed by atoms with van der Waals surface area (Å²) in [7, 11) is 0. The Kier molecular flexibility index (Phi) is 4.32. The second-order valence-electron chi connectivity index (χ2n) is 5.57. The lowest BCUT2D eigenvalue weighted by atomic mass is 10.1. The number of hydrogen-bond acceptors (Lipinski definition) is 2. The van der Waals surface area contributed by atoms with Crippen LogP contribution in [-0.4, -0.2) is 14.5 Å². The van der Waals surface area contributed by atoms with E-state index in [0.29, 0.717) is 17.3 Å². The van der Waals surface area contributed by atoms with Gasteiger partial charge in [-0.05, 0) is 49.6 Å². The van der Waals surface area contributed by atoms with Crippen LogP contribution in [0.25, 0.3) is 5.82 Å². The Labute approximate surface area is 143 Å². The minimum Gasteiger partial charge on any atom is -0.287 e. The fourth-order valence-corrected chi connectivity index (χ4v) is 2.28. The number of nitrogens with zero attached hydrogens (tertiary/aromatic N) is 3. The van der Waals surface area contributed by atoms with Gasteiger partial charge in [0, 0.05) is 18.0 Å². The first-order valence-corrected chi connectivity index (χ1v) is 7.51. The SMILES string of the molecule is Cc1ccc(-n2cc(C#Cc3cccc(C(F)(F)F)c3)nc2C)nc1. The van der Waals surface area contributed by atoms with Gasteiger partial charge >= 0.3 is 6.18 Å². The molecule has 0 aliphatic carbocycles. The van der Waals surface area contributed by atoms with Crippen LogP contribution in [0.3, 0.4) is 0 Å². The van der Waals surface area contributed by atoms with E-state index in [1.165, 1.54) is 12.1 Å². The second kappa shape index (κ2) is 6.44. The van der Waals surface area contributed by atoms with E-state index >= 15 is 0 Å². The highest BCUT2D eigenvalue weighted by atomic mass is 19.4. The Morgan fingerprint density at radius 3 is 2.52 bits per heavy atom. The average molecular weight is 341 g/mol. The molecule has 0 N–H and O–H groups in total. The lowest BCUT2D eigenvalue weighted by Crippen LogP contribution is -2.04. The molecule has 0 saturated heterocycles. The van der Waals surface area contributed by atoms with Gasteiger partial charge in [0.1, 0.15) is 17.3 Å². The summed E-state index contributed by atoms with van der Waals surface area (Å²) in [5, 5.41) is 0. The highest BCUT2D eigenvalue weighted by molar-refractivity contribution is 5.43. The van der Waals surface area contributed by atoms with E-state index < -0.39 is 11.7 Å². The van der Waals surface area contributed by atoms with Crippen molar-refractivity contribution in [2.75, 3.05) is 0 Å². The van der Waals surface area contributed by atoms with Crippen LogP contribution < -0.4 is 0 Å². The number of aromatic nitrogens is 3. The van der Waals surface area contributed by atoms with Crippen molar-refractivity contribution in [3.63, 3.8) is 0 Å². The average Bonchev–Trinajstić information content (AvgIpc) is 2.94. The molecule has 6 heteroatoms. The quantitative estimate of drug-likeness (QED) is 0.618. The molecule has 0 aliphatic heterocycles. The summed E-state index contributed by atoms with van der Waals surface area (Å²) in [5.74, 6) is 6.94. The summed E-state index contributed by atoms with van der Waals surface area (Å²) in [6.07, 6.45) is -0.913. The van der Waals surface area contributed by atoms with Crippen LogP contribution in [0.4, 0.5) is 13.2 Å². The lowest BCUT2D eigenvalue weighted by Gasteiger charge is -2.05. The summed E-state index contributed by atoms with van der Waals surface area (Å²) in [4.78, 5) is 8.65. The molecule has 0 aliphatic rings. The van der Waals surface area contributed by atoms with Gasteiger partial charge in [0.25, 0.3) is 0 Å². The van der Waals surface area contributed by atoms with E-state index in [4.69, 9.17) is 0 Å². The number of hydrogen-bond donors (Lipinski definition) is 0. The van der Waals surface area contributed by atoms with Gasteiger partial charge in [0.05, 0.1) is 5.56 Å². The minimum atomic E-state index is -4.38. The normalized spacial score (nSPS) is 11.1. The van der Waals surface area contributed by atoms with E-state index in [1.54, 1.807) is 17.0 Å². The maximum atomic E-state index is 12.7. The molecule has 126 valence electrons. The fraction of sp³-hybridized carbons (Fsp3) is 0.158. The molecule has 0 atom stereocenters. The van der Waals surface area contributed by atoms with Crippen molar-refractivity contribution in [1.82, 2.24) is 14.5 Å². The van der Waals surface area contributed by atoms with E-state index in [1.807, 2.05) is 26.0 Å². The summed E-state index contributed by atoms with van der Waals surface area (Å²) >= 11 is 0. The highest BCUT2D eigenvalue weighted by Gasteiger charge is 2.30. The van der Waals surface area contributed by atoms with E-state index in [2.05, 4.69) is 21.8 Å². The predicted molar refractivity (Wildman–Crippen MR) is 88.3 cm³/mol. The molecule has 0 fully saturated rings. The van der Waals surface area contributed by atoms with Crippen LogP contribution in [0.15, 0.2) is 48.8 Å². The van der Waals surface area contributed by atoms with Gasteiger partial charge in [-0.3, -0.25) is 4.57 Å². The molecule has 0 amide bonds. The van der Waals surface area contributed by atoms with Gasteiger partial charge < -0.3 is 0 Å². The van der Waals surface area contributed by atoms with Gasteiger partial charge in [-0.15, -0.1) is 0 Å². The second-order valence-corrected chi connectivity index (χ2v) is 5.57. The zero-order valence-electron chi connectivity index (χ0n) is 13.6. The summed E-state index contributed by atoms with van der Waals surface area (Å²) in [6.45, 7) is 3.76. The standard InChI is InChI=1S/C19H14F3N3/c1-13-6-9-18(23-11-13)25-12-17(24-14(25)2)8-7-15-4-3-5-16(10-15)19(20,21)22/h3-6,9-12H,1-2H3. The first-order chi connectivity index (χ1) is 11.8. The highest BCUT2D eigenvalue weighted by Crippen LogP contribution is 2.29. The van der Waals surface area contributed by atoms with Crippen molar-refractivity contribution >= 4 is 0 Å². The number of aryl methyl sites for hydroxylation is 2. The first kappa shape index (κ1) is 16.8. The maximum absolute atomic E-state index is 12.7. The van der Waals surface area contributed by atoms with Crippen LogP contribution in [0.5, 0.6) is 0 Å². The fourth-order valence-electron chi connectivity index (χ4n) is 2.28. The molecule has 0 bridgehead atoms. The Morgan fingerprint density at radius 1 is 1.04 bits per heavy atom. The molecule has 0 saturated carbocycles. The summed E-state index contributed by atoms with van der Waals surface area (Å²) in [6, 6.07) is 8.73. The van der Waals surface area contributed by atoms with Crippen LogP contribution in [0.1, 0.15) is 28.2 Å². The molecule has 0 spiro atoms. The number of imidazole rings is 1. The van der Waals surface area contributed by atoms with Gasteiger partial charge in [-0.2, -0.15) is 13.2 Å². The Bertz CT molecular complexity index is 958. The third kappa shape index (κ3) is 3.89. The molecule has 3 rings (SSSR count). The molecule has 2 heterocycles. The Hall–Kier alpha value is -3.07. The molecule has 3 aromatic rings. The van der Waals surface area contributed by atoms with Crippen LogP contribution >= 0.6 is 0 Å². The molecule has 2 aromatic heterocycles. The minimum absolute atomic E-state index is 0.287. The largest absolute Gasteiger partial charge is 0.416 e. The molecular formula is C19H14F3N3. The number of halogens is 3. The zero-order valence-corrected chi connectivity index (χ0v) is 13.6. The molecule has 25 heavy (non-hydrogen) atoms. The van der Waals surface area contributed by atoms with Crippen molar-refractivity contribution in [3.05, 3.63) is 77.0 Å². The van der Waals surface area contributed by atoms with Crippen LogP contribution in [0.2, 0.25) is 0 Å². The van der Waals surface area contributed by atoms with E-state index in [0.717, 1.165) is 17.7 Å². The number of rotatable bonds is 1. The maximum Gasteiger partial charge on any atom is 0.416 e. The summed E-state index contributed by atoms with van der Waals surface area (Å²) in [5.41, 5.74) is 1.09. The third-order valence-electron chi connectivity index (χ3n) is 3.55.